The summed E-state index contributed by atoms with van der Waals surface area (Å²) in [6, 6.07) is 31.6. The van der Waals surface area contributed by atoms with Crippen molar-refractivity contribution in [1.82, 2.24) is 14.6 Å². The van der Waals surface area contributed by atoms with Crippen molar-refractivity contribution in [1.29, 1.82) is 0 Å². The van der Waals surface area contributed by atoms with E-state index in [2.05, 4.69) is 55.9 Å². The number of nitrogens with one attached hydrogen (secondary N) is 2. The first-order valence-corrected chi connectivity index (χ1v) is 13.6. The molecule has 0 saturated carbocycles. The van der Waals surface area contributed by atoms with Gasteiger partial charge < -0.3 is 10.6 Å². The highest BCUT2D eigenvalue weighted by molar-refractivity contribution is 9.10. The molecule has 39 heavy (non-hydrogen) atoms. The molecule has 0 bridgehead atoms. The molecule has 0 aliphatic heterocycles. The van der Waals surface area contributed by atoms with E-state index in [-0.39, 0.29) is 5.91 Å². The molecule has 0 unspecified atom stereocenters. The van der Waals surface area contributed by atoms with Gasteiger partial charge in [0.2, 0.25) is 5.91 Å². The fourth-order valence-corrected chi connectivity index (χ4v) is 5.09. The van der Waals surface area contributed by atoms with Crippen LogP contribution in [0.4, 0.5) is 11.5 Å². The number of rotatable bonds is 7. The Labute approximate surface area is 238 Å². The van der Waals surface area contributed by atoms with Crippen molar-refractivity contribution in [2.45, 2.75) is 13.0 Å². The van der Waals surface area contributed by atoms with Crippen LogP contribution in [0.15, 0.2) is 108 Å². The zero-order valence-corrected chi connectivity index (χ0v) is 23.1. The van der Waals surface area contributed by atoms with Gasteiger partial charge in [-0.15, -0.1) is 0 Å². The average molecular weight is 597 g/mol. The van der Waals surface area contributed by atoms with E-state index in [4.69, 9.17) is 16.6 Å². The van der Waals surface area contributed by atoms with Crippen LogP contribution in [-0.2, 0) is 17.8 Å². The molecule has 0 aliphatic carbocycles. The summed E-state index contributed by atoms with van der Waals surface area (Å²) in [5, 5.41) is 13.8. The monoisotopic (exact) mass is 595 g/mol. The van der Waals surface area contributed by atoms with Gasteiger partial charge in [0.05, 0.1) is 22.8 Å². The van der Waals surface area contributed by atoms with Crippen LogP contribution in [0.2, 0.25) is 5.02 Å². The number of benzene rings is 4. The molecule has 0 spiro atoms. The molecule has 2 N–H and O–H groups in total. The largest absolute Gasteiger partial charge is 0.366 e. The minimum absolute atomic E-state index is 0.0494. The Morgan fingerprint density at radius 3 is 2.44 bits per heavy atom. The first kappa shape index (κ1) is 25.1. The number of halogens is 2. The quantitative estimate of drug-likeness (QED) is 0.198. The second kappa shape index (κ2) is 10.9. The highest BCUT2D eigenvalue weighted by Gasteiger charge is 2.13. The maximum absolute atomic E-state index is 12.7. The Morgan fingerprint density at radius 2 is 1.62 bits per heavy atom. The van der Waals surface area contributed by atoms with Gasteiger partial charge in [-0.25, -0.2) is 4.98 Å². The van der Waals surface area contributed by atoms with Crippen LogP contribution >= 0.6 is 27.5 Å². The van der Waals surface area contributed by atoms with Crippen molar-refractivity contribution >= 4 is 61.4 Å². The van der Waals surface area contributed by atoms with Crippen LogP contribution in [0.5, 0.6) is 0 Å². The highest BCUT2D eigenvalue weighted by Crippen LogP contribution is 2.30. The van der Waals surface area contributed by atoms with E-state index in [1.165, 1.54) is 5.39 Å². The molecular formula is C31H23BrClN5O. The van der Waals surface area contributed by atoms with Crippen molar-refractivity contribution in [2.24, 2.45) is 0 Å². The van der Waals surface area contributed by atoms with E-state index >= 15 is 0 Å². The Balaban J connectivity index is 1.14. The fraction of sp³-hybridized carbons (Fsp3) is 0.0645. The molecule has 8 heteroatoms. The number of hydrogen-bond acceptors (Lipinski definition) is 4. The van der Waals surface area contributed by atoms with E-state index in [1.807, 2.05) is 72.8 Å². The molecular weight excluding hydrogens is 574 g/mol. The predicted molar refractivity (Wildman–Crippen MR) is 161 cm³/mol. The van der Waals surface area contributed by atoms with Crippen molar-refractivity contribution in [3.05, 3.63) is 124 Å². The first-order chi connectivity index (χ1) is 19.0. The van der Waals surface area contributed by atoms with E-state index < -0.39 is 0 Å². The molecule has 0 radical (unpaired) electrons. The van der Waals surface area contributed by atoms with Crippen LogP contribution in [0.25, 0.3) is 27.7 Å². The van der Waals surface area contributed by atoms with Crippen molar-refractivity contribution in [2.75, 3.05) is 10.6 Å². The standard InChI is InChI=1S/C31H23BrClN5O/c32-26-19-35-38-29(17-28(37-31(26)38)25-7-3-4-8-27(25)33)34-18-20-10-13-24(14-11-20)36-30(39)16-21-9-12-22-5-1-2-6-23(22)15-21/h1-15,17,19,34H,16,18H2,(H,36,39). The van der Waals surface area contributed by atoms with E-state index in [9.17, 15) is 4.79 Å². The third kappa shape index (κ3) is 5.50. The Bertz CT molecular complexity index is 1820. The van der Waals surface area contributed by atoms with Crippen molar-refractivity contribution in [3.8, 4) is 11.3 Å². The summed E-state index contributed by atoms with van der Waals surface area (Å²) in [4.78, 5) is 17.4. The number of nitrogens with zero attached hydrogens (tertiary/aromatic N) is 3. The molecule has 0 fully saturated rings. The van der Waals surface area contributed by atoms with Crippen molar-refractivity contribution in [3.63, 3.8) is 0 Å². The maximum atomic E-state index is 12.7. The van der Waals surface area contributed by atoms with Gasteiger partial charge in [-0.1, -0.05) is 84.4 Å². The van der Waals surface area contributed by atoms with Crippen LogP contribution in [0.1, 0.15) is 11.1 Å². The van der Waals surface area contributed by atoms with Crippen LogP contribution in [0.3, 0.4) is 0 Å². The zero-order valence-electron chi connectivity index (χ0n) is 20.7. The summed E-state index contributed by atoms with van der Waals surface area (Å²) in [6.07, 6.45) is 2.04. The van der Waals surface area contributed by atoms with E-state index in [0.29, 0.717) is 23.6 Å². The molecule has 0 atom stereocenters. The van der Waals surface area contributed by atoms with Gasteiger partial charge in [-0.05, 0) is 56.0 Å². The second-order valence-electron chi connectivity index (χ2n) is 9.19. The lowest BCUT2D eigenvalue weighted by Gasteiger charge is -2.12. The Hall–Kier alpha value is -4.20. The fourth-order valence-electron chi connectivity index (χ4n) is 4.51. The predicted octanol–water partition coefficient (Wildman–Crippen LogP) is 7.76. The topological polar surface area (TPSA) is 71.3 Å². The number of aromatic nitrogens is 3. The molecule has 4 aromatic carbocycles. The van der Waals surface area contributed by atoms with Crippen LogP contribution in [0, 0.1) is 0 Å². The molecule has 0 aliphatic rings. The van der Waals surface area contributed by atoms with Gasteiger partial charge in [0.15, 0.2) is 5.65 Å². The highest BCUT2D eigenvalue weighted by atomic mass is 79.9. The number of fused-ring (bicyclic) bond motifs is 2. The lowest BCUT2D eigenvalue weighted by Crippen LogP contribution is -2.14. The SMILES string of the molecule is O=C(Cc1ccc2ccccc2c1)Nc1ccc(CNc2cc(-c3ccccc3Cl)nc3c(Br)cnn23)cc1. The third-order valence-electron chi connectivity index (χ3n) is 6.47. The third-order valence-corrected chi connectivity index (χ3v) is 7.36. The van der Waals surface area contributed by atoms with Gasteiger partial charge in [-0.2, -0.15) is 9.61 Å². The molecule has 1 amide bonds. The smallest absolute Gasteiger partial charge is 0.228 e. The van der Waals surface area contributed by atoms with Gasteiger partial charge in [-0.3, -0.25) is 4.79 Å². The summed E-state index contributed by atoms with van der Waals surface area (Å²) in [5.74, 6) is 0.736. The molecule has 192 valence electrons. The van der Waals surface area contributed by atoms with Gasteiger partial charge in [0.25, 0.3) is 0 Å². The number of carbonyl (C=O) groups excluding carboxylic acids is 1. The zero-order chi connectivity index (χ0) is 26.8. The molecule has 6 nitrogen and oxygen atoms in total. The molecule has 0 saturated heterocycles. The van der Waals surface area contributed by atoms with Gasteiger partial charge in [0, 0.05) is 28.9 Å². The Morgan fingerprint density at radius 1 is 0.872 bits per heavy atom. The number of amides is 1. The number of carbonyl (C=O) groups is 1. The molecule has 2 aromatic heterocycles. The normalized spacial score (nSPS) is 11.1. The van der Waals surface area contributed by atoms with Gasteiger partial charge >= 0.3 is 0 Å². The average Bonchev–Trinajstić information content (AvgIpc) is 3.33. The lowest BCUT2D eigenvalue weighted by atomic mass is 10.0. The minimum Gasteiger partial charge on any atom is -0.366 e. The summed E-state index contributed by atoms with van der Waals surface area (Å²) < 4.78 is 2.55. The van der Waals surface area contributed by atoms with Crippen LogP contribution < -0.4 is 10.6 Å². The lowest BCUT2D eigenvalue weighted by molar-refractivity contribution is -0.115. The molecule has 6 aromatic rings. The molecule has 6 rings (SSSR count). The number of hydrogen-bond donors (Lipinski definition) is 2. The van der Waals surface area contributed by atoms with E-state index in [1.54, 1.807) is 10.7 Å². The first-order valence-electron chi connectivity index (χ1n) is 12.4. The van der Waals surface area contributed by atoms with Crippen molar-refractivity contribution < 1.29 is 4.79 Å². The van der Waals surface area contributed by atoms with Gasteiger partial charge in [0.1, 0.15) is 5.82 Å². The summed E-state index contributed by atoms with van der Waals surface area (Å²) >= 11 is 9.98. The maximum Gasteiger partial charge on any atom is 0.228 e. The number of anilines is 2. The van der Waals surface area contributed by atoms with E-state index in [0.717, 1.165) is 43.7 Å². The minimum atomic E-state index is -0.0494. The second-order valence-corrected chi connectivity index (χ2v) is 10.5. The summed E-state index contributed by atoms with van der Waals surface area (Å²) in [7, 11) is 0. The summed E-state index contributed by atoms with van der Waals surface area (Å²) in [6.45, 7) is 0.559. The summed E-state index contributed by atoms with van der Waals surface area (Å²) in [5.41, 5.74) is 5.09. The van der Waals surface area contributed by atoms with Crippen LogP contribution in [-0.4, -0.2) is 20.5 Å². The Kier molecular flexibility index (Phi) is 7.00. The molecule has 2 heterocycles.